The van der Waals surface area contributed by atoms with Crippen molar-refractivity contribution in [3.05, 3.63) is 65.5 Å². The number of carbonyl (C=O) groups is 1. The second-order valence-corrected chi connectivity index (χ2v) is 7.85. The van der Waals surface area contributed by atoms with Gasteiger partial charge in [-0.25, -0.2) is 0 Å². The molecule has 3 rings (SSSR count). The second kappa shape index (κ2) is 12.8. The molecule has 1 aliphatic rings. The maximum atomic E-state index is 13.2. The molecule has 160 valence electrons. The lowest BCUT2D eigenvalue weighted by atomic mass is 9.85. The van der Waals surface area contributed by atoms with E-state index >= 15 is 0 Å². The van der Waals surface area contributed by atoms with E-state index in [1.807, 2.05) is 23.1 Å². The number of halogens is 2. The summed E-state index contributed by atoms with van der Waals surface area (Å²) >= 11 is 0. The number of benzene rings is 1. The zero-order valence-electron chi connectivity index (χ0n) is 17.3. The molecule has 0 spiro atoms. The van der Waals surface area contributed by atoms with Gasteiger partial charge in [0.1, 0.15) is 0 Å². The number of hydrogen-bond acceptors (Lipinski definition) is 3. The molecule has 4 nitrogen and oxygen atoms in total. The molecule has 1 saturated heterocycles. The van der Waals surface area contributed by atoms with Crippen molar-refractivity contribution in [1.29, 1.82) is 0 Å². The van der Waals surface area contributed by atoms with Crippen LogP contribution in [0.2, 0.25) is 0 Å². The fourth-order valence-electron chi connectivity index (χ4n) is 3.89. The molecule has 1 fully saturated rings. The van der Waals surface area contributed by atoms with Crippen molar-refractivity contribution in [3.63, 3.8) is 0 Å². The van der Waals surface area contributed by atoms with E-state index in [-0.39, 0.29) is 30.7 Å². The van der Waals surface area contributed by atoms with Crippen LogP contribution < -0.4 is 5.32 Å². The minimum Gasteiger partial charge on any atom is -0.332 e. The normalized spacial score (nSPS) is 16.8. The molecule has 1 aromatic carbocycles. The first-order valence-electron chi connectivity index (χ1n) is 10.1. The molecule has 2 atom stereocenters. The summed E-state index contributed by atoms with van der Waals surface area (Å²) in [5, 5.41) is 3.47. The molecule has 1 aromatic heterocycles. The largest absolute Gasteiger partial charge is 0.332 e. The highest BCUT2D eigenvalue weighted by atomic mass is 35.5. The van der Waals surface area contributed by atoms with Crippen molar-refractivity contribution in [2.24, 2.45) is 11.8 Å². The molecule has 2 aromatic rings. The summed E-state index contributed by atoms with van der Waals surface area (Å²) in [5.74, 6) is 1.22. The summed E-state index contributed by atoms with van der Waals surface area (Å²) in [6.45, 7) is 7.65. The molecule has 1 aliphatic heterocycles. The van der Waals surface area contributed by atoms with Crippen LogP contribution in [-0.2, 0) is 17.9 Å². The quantitative estimate of drug-likeness (QED) is 0.676. The standard InChI is InChI=1S/C23H31N3O.2ClH/c1-18-7-5-8-20(13-18)16-26(17-22-10-3-4-12-25-22)23(27)14-19(2)21-9-6-11-24-15-21;;/h3-5,7-8,10,12-13,19,21,24H,6,9,11,14-17H2,1-2H3;2*1H. The predicted octanol–water partition coefficient (Wildman–Crippen LogP) is 4.79. The van der Waals surface area contributed by atoms with Gasteiger partial charge in [-0.3, -0.25) is 9.78 Å². The van der Waals surface area contributed by atoms with E-state index in [0.29, 0.717) is 31.3 Å². The Kier molecular flexibility index (Phi) is 11.3. The molecular formula is C23H33Cl2N3O. The summed E-state index contributed by atoms with van der Waals surface area (Å²) in [6.07, 6.45) is 4.83. The Balaban J connectivity index is 0.00000210. The van der Waals surface area contributed by atoms with E-state index in [1.165, 1.54) is 24.0 Å². The van der Waals surface area contributed by atoms with Crippen LogP contribution in [0.5, 0.6) is 0 Å². The first-order valence-corrected chi connectivity index (χ1v) is 10.1. The number of carbonyl (C=O) groups excluding carboxylic acids is 1. The molecule has 1 amide bonds. The summed E-state index contributed by atoms with van der Waals surface area (Å²) < 4.78 is 0. The van der Waals surface area contributed by atoms with Gasteiger partial charge in [0.2, 0.25) is 5.91 Å². The maximum Gasteiger partial charge on any atom is 0.223 e. The highest BCUT2D eigenvalue weighted by Gasteiger charge is 2.24. The molecule has 1 N–H and O–H groups in total. The Labute approximate surface area is 187 Å². The van der Waals surface area contributed by atoms with Gasteiger partial charge in [-0.2, -0.15) is 0 Å². The lowest BCUT2D eigenvalue weighted by molar-refractivity contribution is -0.133. The van der Waals surface area contributed by atoms with Crippen LogP contribution in [0, 0.1) is 18.8 Å². The Bertz CT molecular complexity index is 736. The van der Waals surface area contributed by atoms with Gasteiger partial charge in [-0.15, -0.1) is 24.8 Å². The first-order chi connectivity index (χ1) is 13.1. The summed E-state index contributed by atoms with van der Waals surface area (Å²) in [5.41, 5.74) is 3.33. The number of hydrogen-bond donors (Lipinski definition) is 1. The second-order valence-electron chi connectivity index (χ2n) is 7.85. The summed E-state index contributed by atoms with van der Waals surface area (Å²) in [4.78, 5) is 19.6. The first kappa shape index (κ1) is 25.4. The molecule has 2 heterocycles. The van der Waals surface area contributed by atoms with E-state index < -0.39 is 0 Å². The number of nitrogens with zero attached hydrogens (tertiary/aromatic N) is 2. The number of amides is 1. The maximum absolute atomic E-state index is 13.2. The number of nitrogens with one attached hydrogen (secondary N) is 1. The fraction of sp³-hybridized carbons (Fsp3) is 0.478. The van der Waals surface area contributed by atoms with Crippen LogP contribution in [0.4, 0.5) is 0 Å². The summed E-state index contributed by atoms with van der Waals surface area (Å²) in [6, 6.07) is 14.3. The minimum atomic E-state index is 0. The number of piperidine rings is 1. The monoisotopic (exact) mass is 437 g/mol. The van der Waals surface area contributed by atoms with Crippen molar-refractivity contribution < 1.29 is 4.79 Å². The number of aromatic nitrogens is 1. The van der Waals surface area contributed by atoms with E-state index in [9.17, 15) is 4.79 Å². The van der Waals surface area contributed by atoms with Gasteiger partial charge < -0.3 is 10.2 Å². The Morgan fingerprint density at radius 3 is 2.69 bits per heavy atom. The molecule has 0 saturated carbocycles. The fourth-order valence-corrected chi connectivity index (χ4v) is 3.89. The zero-order valence-corrected chi connectivity index (χ0v) is 19.0. The van der Waals surface area contributed by atoms with Gasteiger partial charge in [0.05, 0.1) is 12.2 Å². The third kappa shape index (κ3) is 7.96. The Morgan fingerprint density at radius 1 is 1.21 bits per heavy atom. The van der Waals surface area contributed by atoms with Crippen LogP contribution in [-0.4, -0.2) is 28.9 Å². The van der Waals surface area contributed by atoms with Crippen LogP contribution in [0.3, 0.4) is 0 Å². The molecular weight excluding hydrogens is 405 g/mol. The number of rotatable bonds is 7. The topological polar surface area (TPSA) is 45.2 Å². The number of pyridine rings is 1. The van der Waals surface area contributed by atoms with Crippen molar-refractivity contribution in [2.75, 3.05) is 13.1 Å². The Morgan fingerprint density at radius 2 is 2.03 bits per heavy atom. The van der Waals surface area contributed by atoms with E-state index in [2.05, 4.69) is 48.4 Å². The molecule has 0 radical (unpaired) electrons. The number of aryl methyl sites for hydroxylation is 1. The van der Waals surface area contributed by atoms with Crippen molar-refractivity contribution >= 4 is 30.7 Å². The average Bonchev–Trinajstić information content (AvgIpc) is 2.69. The van der Waals surface area contributed by atoms with Gasteiger partial charge in [-0.1, -0.05) is 42.8 Å². The lowest BCUT2D eigenvalue weighted by Gasteiger charge is -2.30. The van der Waals surface area contributed by atoms with Gasteiger partial charge in [0.25, 0.3) is 0 Å². The van der Waals surface area contributed by atoms with Gasteiger partial charge in [0.15, 0.2) is 0 Å². The van der Waals surface area contributed by atoms with Gasteiger partial charge in [-0.05, 0) is 62.4 Å². The third-order valence-electron chi connectivity index (χ3n) is 5.52. The molecule has 6 heteroatoms. The van der Waals surface area contributed by atoms with E-state index in [1.54, 1.807) is 6.20 Å². The third-order valence-corrected chi connectivity index (χ3v) is 5.52. The van der Waals surface area contributed by atoms with E-state index in [4.69, 9.17) is 0 Å². The van der Waals surface area contributed by atoms with Crippen LogP contribution >= 0.6 is 24.8 Å². The highest BCUT2D eigenvalue weighted by Crippen LogP contribution is 2.24. The average molecular weight is 438 g/mol. The van der Waals surface area contributed by atoms with Crippen molar-refractivity contribution in [1.82, 2.24) is 15.2 Å². The molecule has 0 bridgehead atoms. The zero-order chi connectivity index (χ0) is 19.1. The molecule has 29 heavy (non-hydrogen) atoms. The highest BCUT2D eigenvalue weighted by molar-refractivity contribution is 5.85. The van der Waals surface area contributed by atoms with Gasteiger partial charge in [0, 0.05) is 19.2 Å². The molecule has 0 aliphatic carbocycles. The smallest absolute Gasteiger partial charge is 0.223 e. The van der Waals surface area contributed by atoms with Crippen molar-refractivity contribution in [3.8, 4) is 0 Å². The van der Waals surface area contributed by atoms with E-state index in [0.717, 1.165) is 18.8 Å². The predicted molar refractivity (Wildman–Crippen MR) is 124 cm³/mol. The van der Waals surface area contributed by atoms with Crippen LogP contribution in [0.25, 0.3) is 0 Å². The van der Waals surface area contributed by atoms with Gasteiger partial charge >= 0.3 is 0 Å². The molecule has 2 unspecified atom stereocenters. The summed E-state index contributed by atoms with van der Waals surface area (Å²) in [7, 11) is 0. The van der Waals surface area contributed by atoms with Crippen LogP contribution in [0.15, 0.2) is 48.7 Å². The minimum absolute atomic E-state index is 0. The van der Waals surface area contributed by atoms with Crippen LogP contribution in [0.1, 0.15) is 43.0 Å². The lowest BCUT2D eigenvalue weighted by Crippen LogP contribution is -2.37. The van der Waals surface area contributed by atoms with Crippen molar-refractivity contribution in [2.45, 2.75) is 46.2 Å². The Hall–Kier alpha value is -1.62. The SMILES string of the molecule is Cc1cccc(CN(Cc2ccccn2)C(=O)CC(C)C2CCCNC2)c1.Cl.Cl.